The Morgan fingerprint density at radius 3 is 2.04 bits per heavy atom. The van der Waals surface area contributed by atoms with Gasteiger partial charge in [0.2, 0.25) is 0 Å². The van der Waals surface area contributed by atoms with Crippen molar-refractivity contribution in [2.45, 2.75) is 25.7 Å². The van der Waals surface area contributed by atoms with Gasteiger partial charge in [-0.05, 0) is 30.2 Å². The van der Waals surface area contributed by atoms with Crippen LogP contribution in [0.1, 0.15) is 26.9 Å². The Morgan fingerprint density at radius 2 is 1.52 bits per heavy atom. The summed E-state index contributed by atoms with van der Waals surface area (Å²) in [5.41, 5.74) is 2.70. The summed E-state index contributed by atoms with van der Waals surface area (Å²) in [6.45, 7) is 4.85. The standard InChI is InChI=1S/C22H23NOS/c1-17-12-13-21(25-17)16-24-20-14-23(15-20)22(18-8-4-2-5-9-18)19-10-6-3-7-11-19/h2-13,20,22H,14-16H2,1H3. The number of hydrogen-bond donors (Lipinski definition) is 0. The summed E-state index contributed by atoms with van der Waals surface area (Å²) in [5.74, 6) is 0. The summed E-state index contributed by atoms with van der Waals surface area (Å²) in [7, 11) is 0. The molecule has 25 heavy (non-hydrogen) atoms. The molecule has 1 aliphatic heterocycles. The Hall–Kier alpha value is -1.94. The number of likely N-dealkylation sites (tertiary alicyclic amines) is 1. The minimum atomic E-state index is 0.311. The van der Waals surface area contributed by atoms with Gasteiger partial charge in [0.1, 0.15) is 0 Å². The highest BCUT2D eigenvalue weighted by Crippen LogP contribution is 2.33. The van der Waals surface area contributed by atoms with Crippen LogP contribution in [0, 0.1) is 6.92 Å². The third-order valence-corrected chi connectivity index (χ3v) is 5.70. The molecule has 0 atom stereocenters. The number of aryl methyl sites for hydroxylation is 1. The molecule has 2 aromatic carbocycles. The molecule has 0 aliphatic carbocycles. The molecule has 2 nitrogen and oxygen atoms in total. The van der Waals surface area contributed by atoms with E-state index in [4.69, 9.17) is 4.74 Å². The number of rotatable bonds is 6. The maximum atomic E-state index is 6.10. The maximum absolute atomic E-state index is 6.10. The summed E-state index contributed by atoms with van der Waals surface area (Å²) >= 11 is 1.83. The fourth-order valence-electron chi connectivity index (χ4n) is 3.43. The van der Waals surface area contributed by atoms with E-state index in [0.717, 1.165) is 19.7 Å². The lowest BCUT2D eigenvalue weighted by Gasteiger charge is -2.44. The monoisotopic (exact) mass is 349 g/mol. The van der Waals surface area contributed by atoms with E-state index < -0.39 is 0 Å². The molecule has 3 aromatic rings. The van der Waals surface area contributed by atoms with Crippen LogP contribution in [0.25, 0.3) is 0 Å². The molecule has 0 saturated carbocycles. The van der Waals surface area contributed by atoms with E-state index in [9.17, 15) is 0 Å². The Bertz CT molecular complexity index is 754. The summed E-state index contributed by atoms with van der Waals surface area (Å²) in [6, 6.07) is 26.2. The van der Waals surface area contributed by atoms with Gasteiger partial charge in [-0.15, -0.1) is 11.3 Å². The molecular formula is C22H23NOS. The fourth-order valence-corrected chi connectivity index (χ4v) is 4.25. The van der Waals surface area contributed by atoms with Gasteiger partial charge in [0.05, 0.1) is 18.8 Å². The average molecular weight is 349 g/mol. The second kappa shape index (κ2) is 7.52. The smallest absolute Gasteiger partial charge is 0.0834 e. The van der Waals surface area contributed by atoms with E-state index in [1.165, 1.54) is 20.9 Å². The first-order valence-corrected chi connectivity index (χ1v) is 9.62. The van der Waals surface area contributed by atoms with Crippen LogP contribution >= 0.6 is 11.3 Å². The SMILES string of the molecule is Cc1ccc(COC2CN(C(c3ccccc3)c3ccccc3)C2)s1. The van der Waals surface area contributed by atoms with Crippen LogP contribution in [-0.4, -0.2) is 24.1 Å². The lowest BCUT2D eigenvalue weighted by molar-refractivity contribution is -0.0733. The third-order valence-electron chi connectivity index (χ3n) is 4.73. The highest BCUT2D eigenvalue weighted by molar-refractivity contribution is 7.11. The van der Waals surface area contributed by atoms with Gasteiger partial charge in [0, 0.05) is 22.8 Å². The third kappa shape index (κ3) is 3.84. The van der Waals surface area contributed by atoms with E-state index in [-0.39, 0.29) is 0 Å². The van der Waals surface area contributed by atoms with Crippen molar-refractivity contribution in [1.82, 2.24) is 4.90 Å². The van der Waals surface area contributed by atoms with Gasteiger partial charge < -0.3 is 4.74 Å². The maximum Gasteiger partial charge on any atom is 0.0834 e. The van der Waals surface area contributed by atoms with Crippen LogP contribution in [-0.2, 0) is 11.3 Å². The molecule has 0 unspecified atom stereocenters. The molecule has 0 radical (unpaired) electrons. The number of benzene rings is 2. The van der Waals surface area contributed by atoms with Crippen molar-refractivity contribution in [2.24, 2.45) is 0 Å². The average Bonchev–Trinajstić information content (AvgIpc) is 3.03. The van der Waals surface area contributed by atoms with Gasteiger partial charge in [-0.1, -0.05) is 60.7 Å². The zero-order chi connectivity index (χ0) is 17.1. The second-order valence-electron chi connectivity index (χ2n) is 6.62. The van der Waals surface area contributed by atoms with E-state index in [1.54, 1.807) is 0 Å². The Kier molecular flexibility index (Phi) is 4.97. The minimum absolute atomic E-state index is 0.311. The highest BCUT2D eigenvalue weighted by atomic mass is 32.1. The van der Waals surface area contributed by atoms with Crippen LogP contribution in [0.3, 0.4) is 0 Å². The minimum Gasteiger partial charge on any atom is -0.370 e. The van der Waals surface area contributed by atoms with Crippen molar-refractivity contribution in [3.05, 3.63) is 93.7 Å². The normalized spacial score (nSPS) is 15.4. The number of nitrogens with zero attached hydrogens (tertiary/aromatic N) is 1. The molecule has 4 rings (SSSR count). The van der Waals surface area contributed by atoms with Crippen molar-refractivity contribution >= 4 is 11.3 Å². The number of thiophene rings is 1. The Labute approximate surface area is 153 Å². The predicted molar refractivity (Wildman–Crippen MR) is 104 cm³/mol. The molecule has 0 N–H and O–H groups in total. The molecule has 0 amide bonds. The van der Waals surface area contributed by atoms with E-state index in [2.05, 4.69) is 84.6 Å². The van der Waals surface area contributed by atoms with Gasteiger partial charge >= 0.3 is 0 Å². The van der Waals surface area contributed by atoms with E-state index in [0.29, 0.717) is 12.1 Å². The van der Waals surface area contributed by atoms with E-state index >= 15 is 0 Å². The van der Waals surface area contributed by atoms with Crippen molar-refractivity contribution < 1.29 is 4.74 Å². The van der Waals surface area contributed by atoms with E-state index in [1.807, 2.05) is 11.3 Å². The van der Waals surface area contributed by atoms with Crippen LogP contribution in [0.15, 0.2) is 72.8 Å². The van der Waals surface area contributed by atoms with Crippen molar-refractivity contribution in [1.29, 1.82) is 0 Å². The zero-order valence-electron chi connectivity index (χ0n) is 14.5. The summed E-state index contributed by atoms with van der Waals surface area (Å²) in [5, 5.41) is 0. The highest BCUT2D eigenvalue weighted by Gasteiger charge is 2.34. The molecule has 128 valence electrons. The Balaban J connectivity index is 1.42. The van der Waals surface area contributed by atoms with Crippen molar-refractivity contribution in [3.8, 4) is 0 Å². The fraction of sp³-hybridized carbons (Fsp3) is 0.273. The lowest BCUT2D eigenvalue weighted by atomic mass is 9.94. The molecule has 1 aliphatic rings. The predicted octanol–water partition coefficient (Wildman–Crippen LogP) is 5.05. The van der Waals surface area contributed by atoms with Crippen LogP contribution in [0.5, 0.6) is 0 Å². The molecule has 1 aromatic heterocycles. The molecule has 0 bridgehead atoms. The van der Waals surface area contributed by atoms with Crippen LogP contribution in [0.4, 0.5) is 0 Å². The molecule has 0 spiro atoms. The zero-order valence-corrected chi connectivity index (χ0v) is 15.3. The molecule has 1 fully saturated rings. The van der Waals surface area contributed by atoms with Gasteiger partial charge in [0.15, 0.2) is 0 Å². The van der Waals surface area contributed by atoms with Crippen molar-refractivity contribution in [3.63, 3.8) is 0 Å². The first-order chi connectivity index (χ1) is 12.3. The topological polar surface area (TPSA) is 12.5 Å². The molecule has 1 saturated heterocycles. The van der Waals surface area contributed by atoms with Gasteiger partial charge in [0.25, 0.3) is 0 Å². The van der Waals surface area contributed by atoms with Gasteiger partial charge in [-0.3, -0.25) is 4.90 Å². The first-order valence-electron chi connectivity index (χ1n) is 8.80. The molecule has 2 heterocycles. The largest absolute Gasteiger partial charge is 0.370 e. The molecule has 3 heteroatoms. The number of ether oxygens (including phenoxy) is 1. The summed E-state index contributed by atoms with van der Waals surface area (Å²) < 4.78 is 6.10. The summed E-state index contributed by atoms with van der Waals surface area (Å²) in [6.07, 6.45) is 0.331. The van der Waals surface area contributed by atoms with Gasteiger partial charge in [-0.2, -0.15) is 0 Å². The van der Waals surface area contributed by atoms with Crippen LogP contribution in [0.2, 0.25) is 0 Å². The van der Waals surface area contributed by atoms with Gasteiger partial charge in [-0.25, -0.2) is 0 Å². The Morgan fingerprint density at radius 1 is 0.920 bits per heavy atom. The first kappa shape index (κ1) is 16.5. The van der Waals surface area contributed by atoms with Crippen LogP contribution < -0.4 is 0 Å². The quantitative estimate of drug-likeness (QED) is 0.618. The van der Waals surface area contributed by atoms with Crippen molar-refractivity contribution in [2.75, 3.05) is 13.1 Å². The number of hydrogen-bond acceptors (Lipinski definition) is 3. The molecular weight excluding hydrogens is 326 g/mol. The second-order valence-corrected chi connectivity index (χ2v) is 8.00. The lowest BCUT2D eigenvalue weighted by Crippen LogP contribution is -2.53. The summed E-state index contributed by atoms with van der Waals surface area (Å²) in [4.78, 5) is 5.18.